The molecule has 0 nitrogen and oxygen atoms in total. The SMILES string of the molecule is Cc1cc2c3c(cc4c([Si](c5ccccc5)(c5ccccc5)c5ccccc5)cc5c6c(cc1c3c46)B1c3ccccc3-c3cc(C(C)(C)C)cc-5c31)B1c3ccccc3-c3cc(C(C)(C)C)cc-2c31. The van der Waals surface area contributed by atoms with Gasteiger partial charge in [0.2, 0.25) is 13.4 Å². The number of rotatable bonds is 4. The van der Waals surface area contributed by atoms with Crippen molar-refractivity contribution in [3.63, 3.8) is 0 Å². The van der Waals surface area contributed by atoms with Gasteiger partial charge in [-0.25, -0.2) is 0 Å². The minimum absolute atomic E-state index is 0.0105. The fourth-order valence-corrected chi connectivity index (χ4v) is 19.3. The average molecular weight is 907 g/mol. The van der Waals surface area contributed by atoms with E-state index in [0.717, 1.165) is 0 Å². The van der Waals surface area contributed by atoms with Crippen LogP contribution in [0.1, 0.15) is 58.2 Å². The Bertz CT molecular complexity index is 3980. The van der Waals surface area contributed by atoms with Crippen molar-refractivity contribution >= 4 is 107 Å². The zero-order valence-corrected chi connectivity index (χ0v) is 42.1. The van der Waals surface area contributed by atoms with Crippen LogP contribution < -0.4 is 53.5 Å². The largest absolute Gasteiger partial charge is 0.244 e. The fourth-order valence-electron chi connectivity index (χ4n) is 14.3. The van der Waals surface area contributed by atoms with E-state index in [2.05, 4.69) is 237 Å². The molecule has 0 aliphatic carbocycles. The van der Waals surface area contributed by atoms with Gasteiger partial charge in [-0.2, -0.15) is 0 Å². The maximum absolute atomic E-state index is 3.12. The van der Waals surface area contributed by atoms with Crippen molar-refractivity contribution in [2.75, 3.05) is 0 Å². The smallest absolute Gasteiger partial charge is 0.0664 e. The van der Waals surface area contributed by atoms with Gasteiger partial charge in [0.05, 0.1) is 0 Å². The Balaban J connectivity index is 1.22. The Kier molecular flexibility index (Phi) is 8.00. The van der Waals surface area contributed by atoms with Crippen LogP contribution in [0, 0.1) is 6.92 Å². The first-order valence-electron chi connectivity index (χ1n) is 25.5. The highest BCUT2D eigenvalue weighted by atomic mass is 28.3. The van der Waals surface area contributed by atoms with Gasteiger partial charge in [-0.15, -0.1) is 0 Å². The molecule has 0 spiro atoms. The molecule has 3 heteroatoms. The minimum atomic E-state index is -3.12. The second-order valence-corrected chi connectivity index (χ2v) is 26.9. The summed E-state index contributed by atoms with van der Waals surface area (Å²) in [6.45, 7) is 17.0. The molecule has 4 aliphatic heterocycles. The van der Waals surface area contributed by atoms with Crippen LogP contribution in [0.4, 0.5) is 0 Å². The Hall–Kier alpha value is -7.19. The van der Waals surface area contributed by atoms with Crippen LogP contribution in [-0.4, -0.2) is 21.5 Å². The number of fused-ring (bicyclic) bond motifs is 10. The molecular formula is C67H52B2Si. The molecule has 4 aliphatic rings. The van der Waals surface area contributed by atoms with E-state index < -0.39 is 8.07 Å². The normalized spacial score (nSPS) is 13.9. The van der Waals surface area contributed by atoms with Crippen molar-refractivity contribution in [2.45, 2.75) is 59.3 Å². The van der Waals surface area contributed by atoms with E-state index in [1.54, 1.807) is 0 Å². The molecule has 0 N–H and O–H groups in total. The van der Waals surface area contributed by atoms with Gasteiger partial charge in [0.25, 0.3) is 0 Å². The molecule has 0 atom stereocenters. The molecule has 4 heterocycles. The van der Waals surface area contributed by atoms with Crippen LogP contribution in [-0.2, 0) is 10.8 Å². The van der Waals surface area contributed by atoms with Crippen LogP contribution in [0.15, 0.2) is 188 Å². The van der Waals surface area contributed by atoms with Gasteiger partial charge in [0.1, 0.15) is 0 Å². The molecule has 0 radical (unpaired) electrons. The average Bonchev–Trinajstić information content (AvgIpc) is 3.89. The summed E-state index contributed by atoms with van der Waals surface area (Å²) in [5.74, 6) is 0. The molecule has 0 bridgehead atoms. The number of aryl methyl sites for hydroxylation is 1. The summed E-state index contributed by atoms with van der Waals surface area (Å²) < 4.78 is 0. The topological polar surface area (TPSA) is 0 Å². The lowest BCUT2D eigenvalue weighted by Gasteiger charge is -2.38. The van der Waals surface area contributed by atoms with E-state index in [9.17, 15) is 0 Å². The third-order valence-corrected chi connectivity index (χ3v) is 22.2. The summed E-state index contributed by atoms with van der Waals surface area (Å²) in [6, 6.07) is 74.7. The molecule has 0 fully saturated rings. The third-order valence-electron chi connectivity index (χ3n) is 17.4. The maximum Gasteiger partial charge on any atom is 0.244 e. The van der Waals surface area contributed by atoms with Crippen LogP contribution in [0.25, 0.3) is 76.8 Å². The molecule has 11 aromatic carbocycles. The van der Waals surface area contributed by atoms with Crippen LogP contribution >= 0.6 is 0 Å². The lowest BCUT2D eigenvalue weighted by molar-refractivity contribution is 0.590. The number of hydrogen-bond acceptors (Lipinski definition) is 0. The first-order chi connectivity index (χ1) is 33.9. The van der Waals surface area contributed by atoms with Crippen molar-refractivity contribution in [2.24, 2.45) is 0 Å². The Morgan fingerprint density at radius 2 is 0.700 bits per heavy atom. The Morgan fingerprint density at radius 1 is 0.329 bits per heavy atom. The summed E-state index contributed by atoms with van der Waals surface area (Å²) in [5, 5.41) is 14.3. The molecule has 11 aromatic rings. The van der Waals surface area contributed by atoms with Crippen molar-refractivity contribution < 1.29 is 0 Å². The van der Waals surface area contributed by atoms with Gasteiger partial charge in [-0.3, -0.25) is 0 Å². The summed E-state index contributed by atoms with van der Waals surface area (Å²) in [4.78, 5) is 0. The van der Waals surface area contributed by atoms with E-state index in [1.807, 2.05) is 0 Å². The lowest BCUT2D eigenvalue weighted by atomic mass is 9.34. The lowest BCUT2D eigenvalue weighted by Crippen LogP contribution is -2.75. The van der Waals surface area contributed by atoms with E-state index in [-0.39, 0.29) is 24.3 Å². The van der Waals surface area contributed by atoms with Crippen molar-refractivity contribution in [1.82, 2.24) is 0 Å². The van der Waals surface area contributed by atoms with E-state index in [0.29, 0.717) is 0 Å². The Labute approximate surface area is 413 Å². The van der Waals surface area contributed by atoms with Crippen LogP contribution in [0.2, 0.25) is 0 Å². The van der Waals surface area contributed by atoms with Gasteiger partial charge in [0, 0.05) is 0 Å². The standard InChI is InChI=1S/C67H52B2Si/c1-39-31-48-52-34-40(66(2,3)4)32-50-45-27-18-20-30-56(45)69(64(50)52)58-37-54-59(70(42-21-11-8-12-22-42,43-23-13-9-14-24-43)44-25-15-10-16-26-44)38-49-53-35-41(67(5,6)7)33-51-46-28-17-19-29-55(46)68(65(51)53)57-36-47(39)62(60(48)58)63(54)61(49)57/h8-38H,1-7H3. The molecular weight excluding hydrogens is 854 g/mol. The highest BCUT2D eigenvalue weighted by Gasteiger charge is 2.48. The van der Waals surface area contributed by atoms with Gasteiger partial charge in [-0.05, 0) is 132 Å². The van der Waals surface area contributed by atoms with Crippen molar-refractivity contribution in [3.05, 3.63) is 205 Å². The second-order valence-electron chi connectivity index (χ2n) is 23.1. The van der Waals surface area contributed by atoms with Gasteiger partial charge >= 0.3 is 0 Å². The predicted octanol–water partition coefficient (Wildman–Crippen LogP) is 9.82. The fraction of sp³-hybridized carbons (Fsp3) is 0.134. The summed E-state index contributed by atoms with van der Waals surface area (Å²) >= 11 is 0. The van der Waals surface area contributed by atoms with Gasteiger partial charge in [0.15, 0.2) is 8.07 Å². The molecule has 0 saturated carbocycles. The number of hydrogen-bond donors (Lipinski definition) is 0. The summed E-state index contributed by atoms with van der Waals surface area (Å²) in [7, 11) is -3.12. The number of benzene rings is 11. The zero-order chi connectivity index (χ0) is 47.2. The first kappa shape index (κ1) is 40.7. The van der Waals surface area contributed by atoms with E-state index in [1.165, 1.54) is 147 Å². The molecule has 0 unspecified atom stereocenters. The zero-order valence-electron chi connectivity index (χ0n) is 41.1. The van der Waals surface area contributed by atoms with Crippen LogP contribution in [0.3, 0.4) is 0 Å². The molecule has 70 heavy (non-hydrogen) atoms. The highest BCUT2D eigenvalue weighted by molar-refractivity contribution is 7.21. The van der Waals surface area contributed by atoms with Crippen molar-refractivity contribution in [1.29, 1.82) is 0 Å². The molecule has 0 aromatic heterocycles. The molecule has 15 rings (SSSR count). The first-order valence-corrected chi connectivity index (χ1v) is 27.5. The van der Waals surface area contributed by atoms with Crippen molar-refractivity contribution in [3.8, 4) is 44.5 Å². The highest BCUT2D eigenvalue weighted by Crippen LogP contribution is 2.48. The summed E-state index contributed by atoms with van der Waals surface area (Å²) in [6.07, 6.45) is 0. The molecule has 330 valence electrons. The summed E-state index contributed by atoms with van der Waals surface area (Å²) in [5.41, 5.74) is 24.0. The molecule has 0 amide bonds. The third kappa shape index (κ3) is 5.09. The quantitative estimate of drug-likeness (QED) is 0.0939. The van der Waals surface area contributed by atoms with Gasteiger partial charge in [-0.1, -0.05) is 262 Å². The van der Waals surface area contributed by atoms with Crippen LogP contribution in [0.5, 0.6) is 0 Å². The maximum atomic E-state index is 2.76. The van der Waals surface area contributed by atoms with Gasteiger partial charge < -0.3 is 0 Å². The predicted molar refractivity (Wildman–Crippen MR) is 307 cm³/mol. The Morgan fingerprint density at radius 3 is 1.14 bits per heavy atom. The monoisotopic (exact) mass is 906 g/mol. The second kappa shape index (κ2) is 13.8. The minimum Gasteiger partial charge on any atom is -0.0664 e. The van der Waals surface area contributed by atoms with E-state index >= 15 is 0 Å². The van der Waals surface area contributed by atoms with E-state index in [4.69, 9.17) is 0 Å². The molecule has 0 saturated heterocycles.